The zero-order valence-electron chi connectivity index (χ0n) is 20.0. The Hall–Kier alpha value is -3.55. The van der Waals surface area contributed by atoms with Gasteiger partial charge in [0.1, 0.15) is 0 Å². The van der Waals surface area contributed by atoms with Crippen LogP contribution in [0.25, 0.3) is 10.9 Å². The van der Waals surface area contributed by atoms with Gasteiger partial charge in [0.15, 0.2) is 5.78 Å². The number of aryl methyl sites for hydroxylation is 2. The molecule has 1 heterocycles. The van der Waals surface area contributed by atoms with Crippen LogP contribution in [0.15, 0.2) is 82.5 Å². The van der Waals surface area contributed by atoms with Crippen molar-refractivity contribution in [2.24, 2.45) is 0 Å². The lowest BCUT2D eigenvalue weighted by Crippen LogP contribution is -2.32. The van der Waals surface area contributed by atoms with Crippen molar-refractivity contribution in [3.8, 4) is 0 Å². The van der Waals surface area contributed by atoms with Gasteiger partial charge in [-0.3, -0.25) is 9.59 Å². The Morgan fingerprint density at radius 1 is 0.886 bits per heavy atom. The van der Waals surface area contributed by atoms with Crippen molar-refractivity contribution >= 4 is 26.7 Å². The fourth-order valence-electron chi connectivity index (χ4n) is 3.96. The number of carbonyl (C=O) groups excluding carboxylic acids is 1. The molecule has 180 valence electrons. The first-order valence-electron chi connectivity index (χ1n) is 11.5. The average Bonchev–Trinajstić information content (AvgIpc) is 2.85. The van der Waals surface area contributed by atoms with Crippen molar-refractivity contribution in [2.45, 2.75) is 45.2 Å². The molecule has 0 spiro atoms. The highest BCUT2D eigenvalue weighted by molar-refractivity contribution is 7.89. The summed E-state index contributed by atoms with van der Waals surface area (Å²) in [6, 6.07) is 21.1. The number of H-pyrrole nitrogens is 1. The van der Waals surface area contributed by atoms with Crippen LogP contribution in [0.1, 0.15) is 46.5 Å². The monoisotopic (exact) mass is 488 g/mol. The minimum Gasteiger partial charge on any atom is -0.322 e. The van der Waals surface area contributed by atoms with Gasteiger partial charge >= 0.3 is 0 Å². The number of nitrogens with one attached hydrogen (secondary N) is 1. The number of rotatable bonds is 8. The second kappa shape index (κ2) is 9.98. The summed E-state index contributed by atoms with van der Waals surface area (Å²) in [4.78, 5) is 27.5. The largest absolute Gasteiger partial charge is 0.322 e. The highest BCUT2D eigenvalue weighted by Crippen LogP contribution is 2.23. The van der Waals surface area contributed by atoms with Crippen LogP contribution >= 0.6 is 0 Å². The Morgan fingerprint density at radius 2 is 1.54 bits per heavy atom. The van der Waals surface area contributed by atoms with Gasteiger partial charge in [0.05, 0.1) is 4.90 Å². The number of nitrogens with zero attached hydrogens (tertiary/aromatic N) is 1. The number of fused-ring (bicyclic) bond motifs is 1. The topological polar surface area (TPSA) is 87.3 Å². The van der Waals surface area contributed by atoms with Gasteiger partial charge < -0.3 is 4.98 Å². The van der Waals surface area contributed by atoms with E-state index >= 15 is 0 Å². The molecule has 7 heteroatoms. The van der Waals surface area contributed by atoms with Crippen LogP contribution in [-0.4, -0.2) is 23.5 Å². The van der Waals surface area contributed by atoms with Crippen LogP contribution in [0.2, 0.25) is 0 Å². The fourth-order valence-corrected chi connectivity index (χ4v) is 5.37. The van der Waals surface area contributed by atoms with Crippen molar-refractivity contribution in [1.82, 2.24) is 9.29 Å². The molecule has 1 aromatic heterocycles. The molecule has 0 aliphatic heterocycles. The molecule has 0 saturated carbocycles. The molecule has 0 unspecified atom stereocenters. The van der Waals surface area contributed by atoms with Crippen LogP contribution in [0, 0.1) is 6.92 Å². The minimum absolute atomic E-state index is 0.0695. The molecule has 6 nitrogen and oxygen atoms in total. The van der Waals surface area contributed by atoms with E-state index in [0.29, 0.717) is 16.6 Å². The van der Waals surface area contributed by atoms with E-state index < -0.39 is 10.0 Å². The molecule has 0 aliphatic carbocycles. The maximum absolute atomic E-state index is 13.7. The lowest BCUT2D eigenvalue weighted by molar-refractivity contribution is 0.101. The smallest absolute Gasteiger partial charge is 0.252 e. The third-order valence-corrected chi connectivity index (χ3v) is 7.92. The van der Waals surface area contributed by atoms with E-state index in [1.165, 1.54) is 35.5 Å². The molecule has 0 amide bonds. The minimum atomic E-state index is -3.96. The predicted octanol–water partition coefficient (Wildman–Crippen LogP) is 4.99. The molecule has 3 aromatic carbocycles. The molecule has 4 aromatic rings. The normalized spacial score (nSPS) is 11.8. The van der Waals surface area contributed by atoms with Gasteiger partial charge in [-0.15, -0.1) is 0 Å². The molecule has 35 heavy (non-hydrogen) atoms. The Kier molecular flexibility index (Phi) is 7.00. The average molecular weight is 489 g/mol. The maximum Gasteiger partial charge on any atom is 0.252 e. The number of hydrogen-bond acceptors (Lipinski definition) is 4. The van der Waals surface area contributed by atoms with Gasteiger partial charge in [0, 0.05) is 29.7 Å². The summed E-state index contributed by atoms with van der Waals surface area (Å²) in [7, 11) is -3.96. The highest BCUT2D eigenvalue weighted by atomic mass is 32.2. The molecular weight excluding hydrogens is 460 g/mol. The van der Waals surface area contributed by atoms with E-state index in [0.717, 1.165) is 28.5 Å². The molecule has 0 aliphatic rings. The molecule has 4 rings (SSSR count). The van der Waals surface area contributed by atoms with Crippen molar-refractivity contribution in [3.63, 3.8) is 0 Å². The van der Waals surface area contributed by atoms with E-state index in [1.807, 2.05) is 49.4 Å². The van der Waals surface area contributed by atoms with Gasteiger partial charge in [-0.25, -0.2) is 8.42 Å². The first kappa shape index (κ1) is 24.6. The lowest BCUT2D eigenvalue weighted by Gasteiger charge is -2.23. The fraction of sp³-hybridized carbons (Fsp3) is 0.214. The van der Waals surface area contributed by atoms with Crippen molar-refractivity contribution in [1.29, 1.82) is 0 Å². The number of benzene rings is 3. The van der Waals surface area contributed by atoms with Crippen molar-refractivity contribution in [3.05, 3.63) is 111 Å². The number of hydrogen-bond donors (Lipinski definition) is 1. The second-order valence-electron chi connectivity index (χ2n) is 8.74. The van der Waals surface area contributed by atoms with E-state index in [4.69, 9.17) is 0 Å². The van der Waals surface area contributed by atoms with Gasteiger partial charge in [0.2, 0.25) is 10.0 Å². The van der Waals surface area contributed by atoms with Gasteiger partial charge in [-0.1, -0.05) is 55.0 Å². The zero-order chi connectivity index (χ0) is 25.2. The summed E-state index contributed by atoms with van der Waals surface area (Å²) in [5.74, 6) is -0.139. The molecule has 0 bridgehead atoms. The lowest BCUT2D eigenvalue weighted by atomic mass is 10.1. The number of ketones is 1. The maximum atomic E-state index is 13.7. The van der Waals surface area contributed by atoms with E-state index in [2.05, 4.69) is 11.9 Å². The number of sulfonamides is 1. The molecule has 1 N–H and O–H groups in total. The molecule has 0 atom stereocenters. The number of Topliss-reactive ketones (excluding diaryl/α,β-unsaturated/α-hetero) is 1. The Morgan fingerprint density at radius 3 is 2.17 bits per heavy atom. The first-order chi connectivity index (χ1) is 16.7. The quantitative estimate of drug-likeness (QED) is 0.354. The second-order valence-corrected chi connectivity index (χ2v) is 10.7. The van der Waals surface area contributed by atoms with Gasteiger partial charge in [-0.05, 0) is 67.1 Å². The van der Waals surface area contributed by atoms with Crippen LogP contribution in [-0.2, 0) is 29.5 Å². The standard InChI is InChI=1S/C28H28N2O4S/c1-4-21-9-14-27-24(15-21)16-25(28(32)29-27)18-30(17-22-7-5-19(2)6-8-22)35(33,34)26-12-10-23(11-13-26)20(3)31/h5-16H,4,17-18H2,1-3H3,(H,29,32). The summed E-state index contributed by atoms with van der Waals surface area (Å²) >= 11 is 0. The summed E-state index contributed by atoms with van der Waals surface area (Å²) < 4.78 is 28.7. The van der Waals surface area contributed by atoms with Crippen LogP contribution in [0.3, 0.4) is 0 Å². The van der Waals surface area contributed by atoms with E-state index in [9.17, 15) is 18.0 Å². The molecule has 0 radical (unpaired) electrons. The third-order valence-electron chi connectivity index (χ3n) is 6.12. The molecule has 0 fully saturated rings. The van der Waals surface area contributed by atoms with Crippen LogP contribution in [0.4, 0.5) is 0 Å². The van der Waals surface area contributed by atoms with Crippen LogP contribution in [0.5, 0.6) is 0 Å². The first-order valence-corrected chi connectivity index (χ1v) is 12.9. The van der Waals surface area contributed by atoms with Crippen LogP contribution < -0.4 is 5.56 Å². The number of carbonyl (C=O) groups is 1. The third kappa shape index (κ3) is 5.42. The summed E-state index contributed by atoms with van der Waals surface area (Å²) in [6.45, 7) is 5.47. The molecule has 0 saturated heterocycles. The highest BCUT2D eigenvalue weighted by Gasteiger charge is 2.26. The zero-order valence-corrected chi connectivity index (χ0v) is 20.9. The Balaban J connectivity index is 1.77. The van der Waals surface area contributed by atoms with Crippen molar-refractivity contribution < 1.29 is 13.2 Å². The van der Waals surface area contributed by atoms with E-state index in [-0.39, 0.29) is 29.3 Å². The van der Waals surface area contributed by atoms with E-state index in [1.54, 1.807) is 6.07 Å². The number of aromatic amines is 1. The molecular formula is C28H28N2O4S. The SMILES string of the molecule is CCc1ccc2[nH]c(=O)c(CN(Cc3ccc(C)cc3)S(=O)(=O)c3ccc(C(C)=O)cc3)cc2c1. The Bertz CT molecular complexity index is 1540. The number of aromatic nitrogens is 1. The summed E-state index contributed by atoms with van der Waals surface area (Å²) in [5, 5.41) is 0.859. The predicted molar refractivity (Wildman–Crippen MR) is 138 cm³/mol. The Labute approximate surface area is 205 Å². The van der Waals surface area contributed by atoms with Gasteiger partial charge in [-0.2, -0.15) is 4.31 Å². The number of pyridine rings is 1. The van der Waals surface area contributed by atoms with Crippen molar-refractivity contribution in [2.75, 3.05) is 0 Å². The summed E-state index contributed by atoms with van der Waals surface area (Å²) in [5.41, 5.74) is 4.20. The summed E-state index contributed by atoms with van der Waals surface area (Å²) in [6.07, 6.45) is 0.856. The van der Waals surface area contributed by atoms with Gasteiger partial charge in [0.25, 0.3) is 5.56 Å².